The van der Waals surface area contributed by atoms with Gasteiger partial charge in [-0.1, -0.05) is 18.2 Å². The van der Waals surface area contributed by atoms with Crippen LogP contribution < -0.4 is 0 Å². The molecule has 0 spiro atoms. The fourth-order valence-electron chi connectivity index (χ4n) is 2.50. The fourth-order valence-corrected chi connectivity index (χ4v) is 2.50. The van der Waals surface area contributed by atoms with Crippen molar-refractivity contribution in [3.8, 4) is 5.75 Å². The third-order valence-corrected chi connectivity index (χ3v) is 3.92. The summed E-state index contributed by atoms with van der Waals surface area (Å²) in [5.74, 6) is 0.305. The normalized spacial score (nSPS) is 16.4. The van der Waals surface area contributed by atoms with Crippen molar-refractivity contribution in [1.29, 1.82) is 0 Å². The second-order valence-electron chi connectivity index (χ2n) is 5.83. The lowest BCUT2D eigenvalue weighted by molar-refractivity contribution is -0.132. The molecule has 5 nitrogen and oxygen atoms in total. The molecule has 1 aromatic rings. The van der Waals surface area contributed by atoms with E-state index >= 15 is 0 Å². The number of phenolic OH excluding ortho intramolecular Hbond substituents is 1. The van der Waals surface area contributed by atoms with Crippen LogP contribution in [0.25, 0.3) is 0 Å². The number of piperazine rings is 1. The van der Waals surface area contributed by atoms with Gasteiger partial charge in [-0.25, -0.2) is 0 Å². The Hall–Kier alpha value is -1.59. The minimum Gasteiger partial charge on any atom is -0.508 e. The average molecular weight is 291 g/mol. The van der Waals surface area contributed by atoms with E-state index in [9.17, 15) is 9.90 Å². The zero-order valence-electron chi connectivity index (χ0n) is 13.0. The van der Waals surface area contributed by atoms with Crippen molar-refractivity contribution in [1.82, 2.24) is 14.7 Å². The van der Waals surface area contributed by atoms with E-state index in [4.69, 9.17) is 0 Å². The van der Waals surface area contributed by atoms with E-state index in [0.29, 0.717) is 5.56 Å². The summed E-state index contributed by atoms with van der Waals surface area (Å²) in [6.07, 6.45) is 0.282. The van der Waals surface area contributed by atoms with Gasteiger partial charge in [0.05, 0.1) is 6.42 Å². The molecule has 0 aromatic heterocycles. The number of likely N-dealkylation sites (N-methyl/N-ethyl adjacent to an activating group) is 1. The number of rotatable bonds is 5. The Balaban J connectivity index is 1.79. The van der Waals surface area contributed by atoms with Crippen molar-refractivity contribution in [3.63, 3.8) is 0 Å². The molecule has 0 bridgehead atoms. The lowest BCUT2D eigenvalue weighted by Gasteiger charge is -2.35. The van der Waals surface area contributed by atoms with E-state index in [-0.39, 0.29) is 18.1 Å². The quantitative estimate of drug-likeness (QED) is 0.865. The molecule has 1 aliphatic heterocycles. The Morgan fingerprint density at radius 3 is 2.48 bits per heavy atom. The molecular formula is C16H25N3O2. The summed E-state index contributed by atoms with van der Waals surface area (Å²) in [6.45, 7) is 5.51. The molecule has 1 fully saturated rings. The van der Waals surface area contributed by atoms with E-state index in [1.807, 2.05) is 11.0 Å². The molecular weight excluding hydrogens is 266 g/mol. The molecule has 1 amide bonds. The summed E-state index contributed by atoms with van der Waals surface area (Å²) >= 11 is 0. The van der Waals surface area contributed by atoms with Crippen LogP contribution in [0.2, 0.25) is 0 Å². The third kappa shape index (κ3) is 4.72. The minimum absolute atomic E-state index is 0.101. The van der Waals surface area contributed by atoms with Crippen molar-refractivity contribution < 1.29 is 9.90 Å². The van der Waals surface area contributed by atoms with Crippen LogP contribution >= 0.6 is 0 Å². The van der Waals surface area contributed by atoms with Gasteiger partial charge in [-0.05, 0) is 20.2 Å². The van der Waals surface area contributed by atoms with Crippen LogP contribution in [-0.4, -0.2) is 79.1 Å². The van der Waals surface area contributed by atoms with E-state index in [1.54, 1.807) is 18.2 Å². The van der Waals surface area contributed by atoms with Gasteiger partial charge < -0.3 is 14.9 Å². The molecule has 0 aliphatic carbocycles. The van der Waals surface area contributed by atoms with E-state index < -0.39 is 0 Å². The first-order valence-electron chi connectivity index (χ1n) is 7.48. The first-order valence-corrected chi connectivity index (χ1v) is 7.48. The standard InChI is InChI=1S/C16H25N3O2/c1-17(2)7-8-18-9-11-19(12-10-18)16(21)13-14-5-3-4-6-15(14)20/h3-6,20H,7-13H2,1-2H3. The summed E-state index contributed by atoms with van der Waals surface area (Å²) in [7, 11) is 4.15. The first kappa shape index (κ1) is 15.8. The highest BCUT2D eigenvalue weighted by Gasteiger charge is 2.21. The maximum atomic E-state index is 12.3. The minimum atomic E-state index is 0.101. The molecule has 1 saturated heterocycles. The second-order valence-corrected chi connectivity index (χ2v) is 5.83. The molecule has 0 radical (unpaired) electrons. The summed E-state index contributed by atoms with van der Waals surface area (Å²) < 4.78 is 0. The number of hydrogen-bond donors (Lipinski definition) is 1. The van der Waals surface area contributed by atoms with Gasteiger partial charge in [0.1, 0.15) is 5.75 Å². The lowest BCUT2D eigenvalue weighted by Crippen LogP contribution is -2.50. The van der Waals surface area contributed by atoms with Gasteiger partial charge in [0.25, 0.3) is 0 Å². The molecule has 21 heavy (non-hydrogen) atoms. The van der Waals surface area contributed by atoms with Crippen molar-refractivity contribution in [2.24, 2.45) is 0 Å². The maximum absolute atomic E-state index is 12.3. The fraction of sp³-hybridized carbons (Fsp3) is 0.562. The molecule has 0 atom stereocenters. The van der Waals surface area contributed by atoms with Crippen molar-refractivity contribution in [2.75, 3.05) is 53.4 Å². The van der Waals surface area contributed by atoms with E-state index in [1.165, 1.54) is 0 Å². The highest BCUT2D eigenvalue weighted by molar-refractivity contribution is 5.79. The largest absolute Gasteiger partial charge is 0.508 e. The second kappa shape index (κ2) is 7.43. The van der Waals surface area contributed by atoms with Gasteiger partial charge in [-0.15, -0.1) is 0 Å². The highest BCUT2D eigenvalue weighted by Crippen LogP contribution is 2.17. The summed E-state index contributed by atoms with van der Waals surface area (Å²) in [6, 6.07) is 7.05. The van der Waals surface area contributed by atoms with Gasteiger partial charge in [-0.3, -0.25) is 9.69 Å². The van der Waals surface area contributed by atoms with Crippen LogP contribution in [0, 0.1) is 0 Å². The molecule has 1 aliphatic rings. The number of carbonyl (C=O) groups excluding carboxylic acids is 1. The van der Waals surface area contributed by atoms with Gasteiger partial charge in [0.15, 0.2) is 0 Å². The number of aromatic hydroxyl groups is 1. The Kier molecular flexibility index (Phi) is 5.59. The molecule has 5 heteroatoms. The summed E-state index contributed by atoms with van der Waals surface area (Å²) in [4.78, 5) is 18.8. The lowest BCUT2D eigenvalue weighted by atomic mass is 10.1. The van der Waals surface area contributed by atoms with Crippen LogP contribution in [0.3, 0.4) is 0 Å². The van der Waals surface area contributed by atoms with Gasteiger partial charge in [0, 0.05) is 44.8 Å². The number of hydrogen-bond acceptors (Lipinski definition) is 4. The van der Waals surface area contributed by atoms with Crippen molar-refractivity contribution in [2.45, 2.75) is 6.42 Å². The molecule has 2 rings (SSSR count). The Labute approximate surface area is 126 Å². The van der Waals surface area contributed by atoms with E-state index in [2.05, 4.69) is 23.9 Å². The predicted octanol–water partition coefficient (Wildman–Crippen LogP) is 0.641. The van der Waals surface area contributed by atoms with Crippen LogP contribution in [0.5, 0.6) is 5.75 Å². The zero-order valence-corrected chi connectivity index (χ0v) is 13.0. The zero-order chi connectivity index (χ0) is 15.2. The molecule has 1 heterocycles. The number of nitrogens with zero attached hydrogens (tertiary/aromatic N) is 3. The summed E-state index contributed by atoms with van der Waals surface area (Å²) in [5, 5.41) is 9.74. The van der Waals surface area contributed by atoms with Crippen molar-refractivity contribution in [3.05, 3.63) is 29.8 Å². The SMILES string of the molecule is CN(C)CCN1CCN(C(=O)Cc2ccccc2O)CC1. The Morgan fingerprint density at radius 2 is 1.86 bits per heavy atom. The van der Waals surface area contributed by atoms with Crippen LogP contribution in [0.1, 0.15) is 5.56 Å². The Morgan fingerprint density at radius 1 is 1.19 bits per heavy atom. The monoisotopic (exact) mass is 291 g/mol. The number of carbonyl (C=O) groups is 1. The maximum Gasteiger partial charge on any atom is 0.227 e. The van der Waals surface area contributed by atoms with Gasteiger partial charge in [-0.2, -0.15) is 0 Å². The number of para-hydroxylation sites is 1. The van der Waals surface area contributed by atoms with Crippen molar-refractivity contribution >= 4 is 5.91 Å². The molecule has 1 aromatic carbocycles. The first-order chi connectivity index (χ1) is 10.1. The summed E-state index contributed by atoms with van der Waals surface area (Å²) in [5.41, 5.74) is 0.706. The molecule has 1 N–H and O–H groups in total. The van der Waals surface area contributed by atoms with Gasteiger partial charge >= 0.3 is 0 Å². The number of amides is 1. The predicted molar refractivity (Wildman–Crippen MR) is 83.4 cm³/mol. The molecule has 0 saturated carbocycles. The smallest absolute Gasteiger partial charge is 0.227 e. The van der Waals surface area contributed by atoms with Gasteiger partial charge in [0.2, 0.25) is 5.91 Å². The molecule has 0 unspecified atom stereocenters. The molecule has 116 valence electrons. The van der Waals surface area contributed by atoms with Crippen LogP contribution in [0.4, 0.5) is 0 Å². The number of phenols is 1. The van der Waals surface area contributed by atoms with Crippen LogP contribution in [-0.2, 0) is 11.2 Å². The average Bonchev–Trinajstić information content (AvgIpc) is 2.48. The highest BCUT2D eigenvalue weighted by atomic mass is 16.3. The third-order valence-electron chi connectivity index (χ3n) is 3.92. The Bertz CT molecular complexity index is 468. The topological polar surface area (TPSA) is 47.0 Å². The number of benzene rings is 1. The van der Waals surface area contributed by atoms with E-state index in [0.717, 1.165) is 39.3 Å². The van der Waals surface area contributed by atoms with Crippen LogP contribution in [0.15, 0.2) is 24.3 Å².